The van der Waals surface area contributed by atoms with Gasteiger partial charge in [0.15, 0.2) is 0 Å². The highest BCUT2D eigenvalue weighted by atomic mass is 19.1. The molecule has 0 bridgehead atoms. The first kappa shape index (κ1) is 22.9. The second-order valence-electron chi connectivity index (χ2n) is 8.55. The van der Waals surface area contributed by atoms with Gasteiger partial charge in [-0.3, -0.25) is 9.59 Å². The van der Waals surface area contributed by atoms with Gasteiger partial charge < -0.3 is 23.8 Å². The molecule has 7 nitrogen and oxygen atoms in total. The van der Waals surface area contributed by atoms with E-state index in [4.69, 9.17) is 13.6 Å². The summed E-state index contributed by atoms with van der Waals surface area (Å²) in [5, 5.41) is 3.48. The number of hydrogen-bond donors (Lipinski definition) is 1. The highest BCUT2D eigenvalue weighted by Crippen LogP contribution is 2.32. The Balaban J connectivity index is 1.44. The minimum Gasteiger partial charge on any atom is -0.467 e. The fourth-order valence-corrected chi connectivity index (χ4v) is 4.28. The number of halogens is 1. The third-order valence-electron chi connectivity index (χ3n) is 5.99. The van der Waals surface area contributed by atoms with Crippen LogP contribution in [0, 0.1) is 5.82 Å². The highest BCUT2D eigenvalue weighted by Gasteiger charge is 2.30. The van der Waals surface area contributed by atoms with Crippen LogP contribution in [-0.2, 0) is 22.5 Å². The van der Waals surface area contributed by atoms with Crippen LogP contribution in [0.1, 0.15) is 34.7 Å². The lowest BCUT2D eigenvalue weighted by Gasteiger charge is -2.24. The van der Waals surface area contributed by atoms with Crippen LogP contribution < -0.4 is 5.32 Å². The van der Waals surface area contributed by atoms with Crippen molar-refractivity contribution in [3.8, 4) is 0 Å². The molecule has 1 fully saturated rings. The monoisotopic (exact) mass is 476 g/mol. The van der Waals surface area contributed by atoms with Gasteiger partial charge >= 0.3 is 0 Å². The van der Waals surface area contributed by atoms with Gasteiger partial charge in [0.05, 0.1) is 25.3 Å². The maximum Gasteiger partial charge on any atom is 0.292 e. The van der Waals surface area contributed by atoms with E-state index in [0.717, 1.165) is 12.8 Å². The number of anilines is 1. The average Bonchev–Trinajstić information content (AvgIpc) is 3.62. The molecule has 0 saturated carbocycles. The largest absolute Gasteiger partial charge is 0.467 e. The Morgan fingerprint density at radius 3 is 2.63 bits per heavy atom. The SMILES string of the molecule is O=C(Cc1ccc(F)cc1)Nc1c(C(=O)N(Cc2ccco2)C[C@H]2CCCO2)oc2ccccc12. The minimum atomic E-state index is -0.370. The van der Waals surface area contributed by atoms with Crippen molar-refractivity contribution in [3.63, 3.8) is 0 Å². The summed E-state index contributed by atoms with van der Waals surface area (Å²) in [7, 11) is 0. The van der Waals surface area contributed by atoms with Crippen LogP contribution in [0.2, 0.25) is 0 Å². The maximum absolute atomic E-state index is 13.8. The zero-order chi connectivity index (χ0) is 24.2. The second-order valence-corrected chi connectivity index (χ2v) is 8.55. The molecule has 2 aromatic carbocycles. The van der Waals surface area contributed by atoms with E-state index in [1.54, 1.807) is 53.6 Å². The van der Waals surface area contributed by atoms with E-state index in [-0.39, 0.29) is 42.5 Å². The van der Waals surface area contributed by atoms with Gasteiger partial charge in [0.1, 0.15) is 22.8 Å². The number of ether oxygens (including phenoxy) is 1. The smallest absolute Gasteiger partial charge is 0.292 e. The van der Waals surface area contributed by atoms with E-state index in [1.807, 2.05) is 6.07 Å². The van der Waals surface area contributed by atoms with Crippen LogP contribution in [0.4, 0.5) is 10.1 Å². The number of furan rings is 2. The summed E-state index contributed by atoms with van der Waals surface area (Å²) in [6.45, 7) is 1.29. The first-order valence-electron chi connectivity index (χ1n) is 11.6. The molecule has 0 radical (unpaired) electrons. The molecule has 3 heterocycles. The van der Waals surface area contributed by atoms with Gasteiger partial charge in [-0.1, -0.05) is 24.3 Å². The molecule has 1 aliphatic rings. The van der Waals surface area contributed by atoms with Crippen LogP contribution >= 0.6 is 0 Å². The summed E-state index contributed by atoms with van der Waals surface area (Å²) in [5.41, 5.74) is 1.46. The summed E-state index contributed by atoms with van der Waals surface area (Å²) in [4.78, 5) is 28.3. The second kappa shape index (κ2) is 10.1. The van der Waals surface area contributed by atoms with Crippen LogP contribution in [0.15, 0.2) is 75.8 Å². The lowest BCUT2D eigenvalue weighted by Crippen LogP contribution is -2.37. The van der Waals surface area contributed by atoms with Gasteiger partial charge in [0.25, 0.3) is 5.91 Å². The van der Waals surface area contributed by atoms with Crippen molar-refractivity contribution in [3.05, 3.63) is 89.8 Å². The van der Waals surface area contributed by atoms with Crippen molar-refractivity contribution in [2.45, 2.75) is 31.9 Å². The maximum atomic E-state index is 13.8. The third kappa shape index (κ3) is 5.27. The summed E-state index contributed by atoms with van der Waals surface area (Å²) in [6.07, 6.45) is 3.33. The number of fused-ring (bicyclic) bond motifs is 1. The van der Waals surface area contributed by atoms with Gasteiger partial charge in [-0.25, -0.2) is 4.39 Å². The van der Waals surface area contributed by atoms with Gasteiger partial charge in [-0.05, 0) is 54.8 Å². The number of hydrogen-bond acceptors (Lipinski definition) is 5. The first-order chi connectivity index (χ1) is 17.1. The number of carbonyl (C=O) groups is 2. The van der Waals surface area contributed by atoms with E-state index >= 15 is 0 Å². The van der Waals surface area contributed by atoms with Crippen molar-refractivity contribution >= 4 is 28.5 Å². The summed E-state index contributed by atoms with van der Waals surface area (Å²) in [5.74, 6) is -0.401. The van der Waals surface area contributed by atoms with Crippen LogP contribution in [0.25, 0.3) is 11.0 Å². The molecular weight excluding hydrogens is 451 g/mol. The van der Waals surface area contributed by atoms with Crippen molar-refractivity contribution in [1.82, 2.24) is 4.90 Å². The number of amides is 2. The molecule has 8 heteroatoms. The fraction of sp³-hybridized carbons (Fsp3) is 0.259. The molecule has 35 heavy (non-hydrogen) atoms. The number of benzene rings is 2. The Bertz CT molecular complexity index is 1310. The van der Waals surface area contributed by atoms with Crippen LogP contribution in [0.3, 0.4) is 0 Å². The van der Waals surface area contributed by atoms with E-state index in [1.165, 1.54) is 12.1 Å². The third-order valence-corrected chi connectivity index (χ3v) is 5.99. The predicted molar refractivity (Wildman–Crippen MR) is 127 cm³/mol. The van der Waals surface area contributed by atoms with Gasteiger partial charge in [0, 0.05) is 18.5 Å². The molecule has 1 saturated heterocycles. The van der Waals surface area contributed by atoms with E-state index in [2.05, 4.69) is 5.32 Å². The zero-order valence-corrected chi connectivity index (χ0v) is 19.0. The average molecular weight is 477 g/mol. The molecule has 1 aliphatic heterocycles. The normalized spacial score (nSPS) is 15.4. The van der Waals surface area contributed by atoms with Gasteiger partial charge in [-0.15, -0.1) is 0 Å². The molecular formula is C27H25FN2O5. The van der Waals surface area contributed by atoms with E-state index in [9.17, 15) is 14.0 Å². The Kier molecular flexibility index (Phi) is 6.63. The zero-order valence-electron chi connectivity index (χ0n) is 19.0. The Hall–Kier alpha value is -3.91. The predicted octanol–water partition coefficient (Wildman–Crippen LogP) is 5.17. The summed E-state index contributed by atoms with van der Waals surface area (Å²) in [6, 6.07) is 16.5. The van der Waals surface area contributed by atoms with E-state index < -0.39 is 0 Å². The molecule has 1 N–H and O–H groups in total. The van der Waals surface area contributed by atoms with Crippen molar-refractivity contribution in [1.29, 1.82) is 0 Å². The lowest BCUT2D eigenvalue weighted by atomic mass is 10.1. The standard InChI is InChI=1S/C27H25FN2O5/c28-19-11-9-18(10-12-19)15-24(31)29-25-22-7-1-2-8-23(22)35-26(25)27(32)30(16-20-5-3-13-33-20)17-21-6-4-14-34-21/h1-3,5,7-13,21H,4,6,14-17H2,(H,29,31)/t21-/m1/s1. The number of rotatable bonds is 8. The Labute approximate surface area is 201 Å². The van der Waals surface area contributed by atoms with Crippen LogP contribution in [0.5, 0.6) is 0 Å². The van der Waals surface area contributed by atoms with Gasteiger partial charge in [0.2, 0.25) is 11.7 Å². The number of para-hydroxylation sites is 1. The topological polar surface area (TPSA) is 84.9 Å². The van der Waals surface area contributed by atoms with Crippen molar-refractivity contribution < 1.29 is 27.6 Å². The van der Waals surface area contributed by atoms with E-state index in [0.29, 0.717) is 41.1 Å². The quantitative estimate of drug-likeness (QED) is 0.379. The number of nitrogens with one attached hydrogen (secondary N) is 1. The summed E-state index contributed by atoms with van der Waals surface area (Å²) >= 11 is 0. The fourth-order valence-electron chi connectivity index (χ4n) is 4.28. The highest BCUT2D eigenvalue weighted by molar-refractivity contribution is 6.11. The summed E-state index contributed by atoms with van der Waals surface area (Å²) < 4.78 is 30.4. The molecule has 0 spiro atoms. The first-order valence-corrected chi connectivity index (χ1v) is 11.6. The molecule has 1 atom stereocenters. The Morgan fingerprint density at radius 1 is 1.06 bits per heavy atom. The van der Waals surface area contributed by atoms with Crippen molar-refractivity contribution in [2.75, 3.05) is 18.5 Å². The lowest BCUT2D eigenvalue weighted by molar-refractivity contribution is -0.115. The molecule has 2 aromatic heterocycles. The Morgan fingerprint density at radius 2 is 1.89 bits per heavy atom. The van der Waals surface area contributed by atoms with Crippen molar-refractivity contribution in [2.24, 2.45) is 0 Å². The van der Waals surface area contributed by atoms with Gasteiger partial charge in [-0.2, -0.15) is 0 Å². The minimum absolute atomic E-state index is 0.0272. The molecule has 0 aliphatic carbocycles. The molecule has 5 rings (SSSR count). The van der Waals surface area contributed by atoms with Crippen LogP contribution in [-0.4, -0.2) is 36.0 Å². The molecule has 4 aromatic rings. The number of nitrogens with zero attached hydrogens (tertiary/aromatic N) is 1. The molecule has 2 amide bonds. The molecule has 180 valence electrons. The number of carbonyl (C=O) groups excluding carboxylic acids is 2. The molecule has 0 unspecified atom stereocenters.